The van der Waals surface area contributed by atoms with E-state index in [0.717, 1.165) is 77.0 Å². The van der Waals surface area contributed by atoms with Crippen molar-refractivity contribution in [3.05, 3.63) is 0 Å². The second kappa shape index (κ2) is 55.0. The van der Waals surface area contributed by atoms with Crippen molar-refractivity contribution >= 4 is 23.6 Å². The Morgan fingerprint density at radius 1 is 0.280 bits per heavy atom. The van der Waals surface area contributed by atoms with Crippen molar-refractivity contribution in [1.82, 2.24) is 31.1 Å². The predicted molar refractivity (Wildman–Crippen MR) is 312 cm³/mol. The van der Waals surface area contributed by atoms with Gasteiger partial charge in [0.25, 0.3) is 0 Å². The topological polar surface area (TPSA) is 204 Å². The summed E-state index contributed by atoms with van der Waals surface area (Å²) >= 11 is 0. The van der Waals surface area contributed by atoms with E-state index in [0.29, 0.717) is 58.5 Å². The molecule has 0 saturated heterocycles. The SMILES string of the molecule is CCCCCCCCCCC(O)CN(CCCNC(=O)C(=O)NCCCNC(=O)C(=O)NCCCN(CC(O)CCCCCCCCCC)CC(O)CCCCCCCCCC)CC(O)CCCCCCCCCC. The van der Waals surface area contributed by atoms with E-state index in [2.05, 4.69) is 58.8 Å². The van der Waals surface area contributed by atoms with Crippen LogP contribution >= 0.6 is 0 Å². The van der Waals surface area contributed by atoms with Crippen LogP contribution in [0.25, 0.3) is 0 Å². The first-order chi connectivity index (χ1) is 36.5. The molecular formula is C61H122N6O8. The van der Waals surface area contributed by atoms with E-state index in [9.17, 15) is 39.6 Å². The van der Waals surface area contributed by atoms with Gasteiger partial charge in [-0.3, -0.25) is 29.0 Å². The minimum atomic E-state index is -0.770. The average molecular weight is 1070 g/mol. The Labute approximate surface area is 460 Å². The smallest absolute Gasteiger partial charge is 0.309 e. The van der Waals surface area contributed by atoms with Crippen LogP contribution in [-0.4, -0.2) is 144 Å². The van der Waals surface area contributed by atoms with Crippen LogP contribution in [0.2, 0.25) is 0 Å². The summed E-state index contributed by atoms with van der Waals surface area (Å²) < 4.78 is 0. The van der Waals surface area contributed by atoms with Crippen LogP contribution in [0, 0.1) is 0 Å². The number of nitrogens with zero attached hydrogens (tertiary/aromatic N) is 2. The highest BCUT2D eigenvalue weighted by Crippen LogP contribution is 2.16. The fourth-order valence-corrected chi connectivity index (χ4v) is 9.95. The first kappa shape index (κ1) is 72.6. The van der Waals surface area contributed by atoms with Gasteiger partial charge in [-0.05, 0) is 44.9 Å². The van der Waals surface area contributed by atoms with Crippen molar-refractivity contribution in [2.45, 2.75) is 303 Å². The highest BCUT2D eigenvalue weighted by molar-refractivity contribution is 6.35. The molecule has 0 aliphatic rings. The zero-order valence-electron chi connectivity index (χ0n) is 49.3. The van der Waals surface area contributed by atoms with Crippen LogP contribution in [0.4, 0.5) is 0 Å². The highest BCUT2D eigenvalue weighted by Gasteiger charge is 2.19. The Kier molecular flexibility index (Phi) is 53.2. The van der Waals surface area contributed by atoms with Crippen molar-refractivity contribution in [3.8, 4) is 0 Å². The molecule has 0 radical (unpaired) electrons. The normalized spacial score (nSPS) is 13.3. The van der Waals surface area contributed by atoms with Crippen molar-refractivity contribution < 1.29 is 39.6 Å². The lowest BCUT2D eigenvalue weighted by molar-refractivity contribution is -0.139. The second-order valence-electron chi connectivity index (χ2n) is 22.3. The molecule has 4 amide bonds. The molecule has 4 atom stereocenters. The van der Waals surface area contributed by atoms with E-state index >= 15 is 0 Å². The summed E-state index contributed by atoms with van der Waals surface area (Å²) in [5, 5.41) is 54.2. The maximum Gasteiger partial charge on any atom is 0.309 e. The van der Waals surface area contributed by atoms with Crippen LogP contribution in [-0.2, 0) is 19.2 Å². The number of hydrogen-bond acceptors (Lipinski definition) is 10. The van der Waals surface area contributed by atoms with Crippen LogP contribution < -0.4 is 21.3 Å². The number of aliphatic hydroxyl groups is 4. The predicted octanol–water partition coefficient (Wildman–Crippen LogP) is 10.8. The monoisotopic (exact) mass is 1070 g/mol. The van der Waals surface area contributed by atoms with Gasteiger partial charge in [0.2, 0.25) is 0 Å². The van der Waals surface area contributed by atoms with Crippen LogP contribution in [0.3, 0.4) is 0 Å². The molecule has 75 heavy (non-hydrogen) atoms. The Bertz CT molecular complexity index is 1150. The number of rotatable bonds is 56. The lowest BCUT2D eigenvalue weighted by Crippen LogP contribution is -2.44. The lowest BCUT2D eigenvalue weighted by Gasteiger charge is -2.27. The Morgan fingerprint density at radius 2 is 0.467 bits per heavy atom. The van der Waals surface area contributed by atoms with E-state index < -0.39 is 48.0 Å². The third kappa shape index (κ3) is 49.7. The number of carbonyl (C=O) groups is 4. The second-order valence-corrected chi connectivity index (χ2v) is 22.3. The number of carbonyl (C=O) groups excluding carboxylic acids is 4. The van der Waals surface area contributed by atoms with Gasteiger partial charge in [0.05, 0.1) is 24.4 Å². The van der Waals surface area contributed by atoms with Crippen LogP contribution in [0.1, 0.15) is 278 Å². The van der Waals surface area contributed by atoms with Gasteiger partial charge in [0.1, 0.15) is 0 Å². The van der Waals surface area contributed by atoms with Crippen molar-refractivity contribution in [3.63, 3.8) is 0 Å². The number of hydrogen-bond donors (Lipinski definition) is 8. The minimum Gasteiger partial charge on any atom is -0.392 e. The third-order valence-corrected chi connectivity index (χ3v) is 14.6. The van der Waals surface area contributed by atoms with E-state index in [-0.39, 0.29) is 26.2 Å². The van der Waals surface area contributed by atoms with Crippen molar-refractivity contribution in [1.29, 1.82) is 0 Å². The molecule has 14 nitrogen and oxygen atoms in total. The molecule has 0 heterocycles. The molecule has 0 spiro atoms. The minimum absolute atomic E-state index is 0.140. The van der Waals surface area contributed by atoms with Gasteiger partial charge in [0.15, 0.2) is 0 Å². The fourth-order valence-electron chi connectivity index (χ4n) is 9.95. The summed E-state index contributed by atoms with van der Waals surface area (Å²) in [5.74, 6) is -3.03. The molecule has 0 aliphatic carbocycles. The van der Waals surface area contributed by atoms with Gasteiger partial charge in [-0.2, -0.15) is 0 Å². The fraction of sp³-hybridized carbons (Fsp3) is 0.934. The molecule has 0 aromatic rings. The Hall–Kier alpha value is -2.36. The van der Waals surface area contributed by atoms with Crippen molar-refractivity contribution in [2.75, 3.05) is 65.4 Å². The molecule has 14 heteroatoms. The number of nitrogens with one attached hydrogen (secondary N) is 4. The third-order valence-electron chi connectivity index (χ3n) is 14.6. The molecule has 0 aromatic carbocycles. The Balaban J connectivity index is 4.72. The van der Waals surface area contributed by atoms with Gasteiger partial charge >= 0.3 is 23.6 Å². The molecule has 8 N–H and O–H groups in total. The largest absolute Gasteiger partial charge is 0.392 e. The molecule has 0 saturated carbocycles. The van der Waals surface area contributed by atoms with Gasteiger partial charge in [0, 0.05) is 65.4 Å². The molecule has 0 fully saturated rings. The Morgan fingerprint density at radius 3 is 0.680 bits per heavy atom. The van der Waals surface area contributed by atoms with Crippen molar-refractivity contribution in [2.24, 2.45) is 0 Å². The standard InChI is InChI=1S/C61H122N6O8/c1-5-9-13-17-21-25-29-33-40-54(68)50-66(51-55(69)41-34-30-26-22-18-14-10-6-2)48-38-46-64-60(74)58(72)62-44-37-45-63-59(73)61(75)65-47-39-49-67(52-56(70)42-35-31-27-23-19-15-11-7-3)53-57(71)43-36-32-28-24-20-16-12-8-4/h54-57,68-71H,5-53H2,1-4H3,(H,62,72)(H,63,73)(H,64,74)(H,65,75). The molecule has 0 bridgehead atoms. The van der Waals surface area contributed by atoms with E-state index in [1.807, 2.05) is 0 Å². The highest BCUT2D eigenvalue weighted by atomic mass is 16.3. The first-order valence-corrected chi connectivity index (χ1v) is 31.8. The molecule has 0 aromatic heterocycles. The summed E-state index contributed by atoms with van der Waals surface area (Å²) in [6, 6.07) is 0. The zero-order valence-corrected chi connectivity index (χ0v) is 49.3. The first-order valence-electron chi connectivity index (χ1n) is 31.8. The summed E-state index contributed by atoms with van der Waals surface area (Å²) in [5.41, 5.74) is 0. The molecule has 0 aliphatic heterocycles. The summed E-state index contributed by atoms with van der Waals surface area (Å²) in [6.07, 6.45) is 41.1. The molecule has 0 rings (SSSR count). The number of aliphatic hydroxyl groups excluding tert-OH is 4. The maximum absolute atomic E-state index is 12.6. The summed E-state index contributed by atoms with van der Waals surface area (Å²) in [4.78, 5) is 54.5. The molecule has 4 unspecified atom stereocenters. The zero-order chi connectivity index (χ0) is 55.3. The average Bonchev–Trinajstić information content (AvgIpc) is 3.39. The summed E-state index contributed by atoms with van der Waals surface area (Å²) in [7, 11) is 0. The lowest BCUT2D eigenvalue weighted by atomic mass is 10.0. The van der Waals surface area contributed by atoms with Gasteiger partial charge in [-0.25, -0.2) is 0 Å². The van der Waals surface area contributed by atoms with Crippen LogP contribution in [0.15, 0.2) is 0 Å². The number of amides is 4. The quantitative estimate of drug-likeness (QED) is 0.0214. The maximum atomic E-state index is 12.6. The summed E-state index contributed by atoms with van der Waals surface area (Å²) in [6.45, 7) is 12.8. The molecule has 444 valence electrons. The van der Waals surface area contributed by atoms with E-state index in [1.165, 1.54) is 154 Å². The van der Waals surface area contributed by atoms with Gasteiger partial charge in [-0.15, -0.1) is 0 Å². The van der Waals surface area contributed by atoms with Crippen LogP contribution in [0.5, 0.6) is 0 Å². The van der Waals surface area contributed by atoms with E-state index in [1.54, 1.807) is 0 Å². The molecular weight excluding hydrogens is 945 g/mol. The number of unbranched alkanes of at least 4 members (excludes halogenated alkanes) is 28. The van der Waals surface area contributed by atoms with Gasteiger partial charge < -0.3 is 41.7 Å². The van der Waals surface area contributed by atoms with Gasteiger partial charge in [-0.1, -0.05) is 233 Å². The van der Waals surface area contributed by atoms with E-state index in [4.69, 9.17) is 0 Å².